The molecule has 0 aliphatic heterocycles. The maximum Gasteiger partial charge on any atom is 0.416 e. The Labute approximate surface area is 190 Å². The second-order valence-corrected chi connectivity index (χ2v) is 8.13. The predicted molar refractivity (Wildman–Crippen MR) is 116 cm³/mol. The third-order valence-electron chi connectivity index (χ3n) is 4.76. The summed E-state index contributed by atoms with van der Waals surface area (Å²) in [4.78, 5) is 15.4. The maximum absolute atomic E-state index is 13.5. The van der Waals surface area contributed by atoms with Crippen molar-refractivity contribution in [2.24, 2.45) is 0 Å². The Kier molecular flexibility index (Phi) is 6.45. The quantitative estimate of drug-likeness (QED) is 0.371. The van der Waals surface area contributed by atoms with E-state index in [9.17, 15) is 18.0 Å². The number of aromatic carboxylic acids is 1. The Bertz CT molecular complexity index is 1250. The van der Waals surface area contributed by atoms with Gasteiger partial charge in [-0.05, 0) is 23.8 Å². The molecule has 4 rings (SSSR count). The smallest absolute Gasteiger partial charge is 0.416 e. The van der Waals surface area contributed by atoms with Crippen molar-refractivity contribution < 1.29 is 27.8 Å². The molecule has 2 aromatic carbocycles. The van der Waals surface area contributed by atoms with Crippen LogP contribution in [0.4, 0.5) is 13.2 Å². The molecular weight excluding hydrogens is 455 g/mol. The molecule has 0 saturated heterocycles. The Morgan fingerprint density at radius 1 is 1.15 bits per heavy atom. The van der Waals surface area contributed by atoms with Crippen molar-refractivity contribution in [2.75, 3.05) is 6.61 Å². The number of thiazole rings is 1. The molecule has 170 valence electrons. The third-order valence-corrected chi connectivity index (χ3v) is 5.59. The minimum absolute atomic E-state index is 0.0435. The van der Waals surface area contributed by atoms with Gasteiger partial charge in [-0.2, -0.15) is 18.3 Å². The molecule has 2 heterocycles. The van der Waals surface area contributed by atoms with Gasteiger partial charge in [0, 0.05) is 23.6 Å². The largest absolute Gasteiger partial charge is 0.493 e. The Hall–Kier alpha value is -3.66. The van der Waals surface area contributed by atoms with Crippen molar-refractivity contribution in [3.8, 4) is 17.0 Å². The summed E-state index contributed by atoms with van der Waals surface area (Å²) < 4.78 is 47.5. The lowest BCUT2D eigenvalue weighted by Crippen LogP contribution is -2.07. The number of rotatable bonds is 8. The number of benzene rings is 2. The number of nitrogens with zero attached hydrogens (tertiary/aromatic N) is 3. The number of carbonyl (C=O) groups is 1. The number of hydrogen-bond donors (Lipinski definition) is 1. The zero-order valence-electron chi connectivity index (χ0n) is 17.1. The molecular formula is C23H18F3N3O3S. The van der Waals surface area contributed by atoms with E-state index >= 15 is 0 Å². The molecule has 0 spiro atoms. The number of ether oxygens (including phenoxy) is 1. The minimum atomic E-state index is -4.53. The molecule has 0 saturated carbocycles. The molecule has 0 aliphatic carbocycles. The summed E-state index contributed by atoms with van der Waals surface area (Å²) >= 11 is 1.25. The van der Waals surface area contributed by atoms with E-state index in [1.54, 1.807) is 5.38 Å². The zero-order chi connectivity index (χ0) is 23.4. The lowest BCUT2D eigenvalue weighted by Gasteiger charge is -2.13. The van der Waals surface area contributed by atoms with Gasteiger partial charge in [-0.15, -0.1) is 11.3 Å². The number of carboxylic acids is 1. The summed E-state index contributed by atoms with van der Waals surface area (Å²) in [5.41, 5.74) is 0.913. The lowest BCUT2D eigenvalue weighted by atomic mass is 10.1. The fraction of sp³-hybridized carbons (Fsp3) is 0.174. The first-order valence-electron chi connectivity index (χ1n) is 9.87. The van der Waals surface area contributed by atoms with Crippen LogP contribution in [0.1, 0.15) is 26.5 Å². The second-order valence-electron chi connectivity index (χ2n) is 7.19. The molecule has 0 aliphatic rings. The topological polar surface area (TPSA) is 77.2 Å². The van der Waals surface area contributed by atoms with E-state index in [4.69, 9.17) is 9.84 Å². The van der Waals surface area contributed by atoms with Gasteiger partial charge >= 0.3 is 12.1 Å². The predicted octanol–water partition coefficient (Wildman–Crippen LogP) is 5.39. The fourth-order valence-corrected chi connectivity index (χ4v) is 3.93. The summed E-state index contributed by atoms with van der Waals surface area (Å²) in [7, 11) is 0. The molecule has 1 N–H and O–H groups in total. The van der Waals surface area contributed by atoms with Crippen LogP contribution in [0.15, 0.2) is 66.3 Å². The van der Waals surface area contributed by atoms with Crippen LogP contribution in [-0.2, 0) is 19.1 Å². The average Bonchev–Trinajstić information content (AvgIpc) is 3.44. The van der Waals surface area contributed by atoms with E-state index in [1.165, 1.54) is 34.5 Å². The Balaban J connectivity index is 1.53. The van der Waals surface area contributed by atoms with Crippen LogP contribution in [0.25, 0.3) is 11.3 Å². The summed E-state index contributed by atoms with van der Waals surface area (Å²) in [5.74, 6) is -0.978. The van der Waals surface area contributed by atoms with Crippen LogP contribution in [-0.4, -0.2) is 32.4 Å². The van der Waals surface area contributed by atoms with Gasteiger partial charge < -0.3 is 9.84 Å². The highest BCUT2D eigenvalue weighted by atomic mass is 32.1. The van der Waals surface area contributed by atoms with Crippen LogP contribution in [0.3, 0.4) is 0 Å². The number of aromatic nitrogens is 3. The Morgan fingerprint density at radius 2 is 1.94 bits per heavy atom. The van der Waals surface area contributed by atoms with Gasteiger partial charge in [-0.25, -0.2) is 9.78 Å². The van der Waals surface area contributed by atoms with Crippen molar-refractivity contribution in [3.05, 3.63) is 88.0 Å². The highest BCUT2D eigenvalue weighted by Gasteiger charge is 2.31. The van der Waals surface area contributed by atoms with Gasteiger partial charge in [-0.1, -0.05) is 30.3 Å². The first kappa shape index (κ1) is 22.5. The third kappa shape index (κ3) is 5.78. The van der Waals surface area contributed by atoms with Crippen LogP contribution >= 0.6 is 11.3 Å². The van der Waals surface area contributed by atoms with Crippen LogP contribution < -0.4 is 4.74 Å². The van der Waals surface area contributed by atoms with Gasteiger partial charge in [-0.3, -0.25) is 4.68 Å². The van der Waals surface area contributed by atoms with Crippen LogP contribution in [0.2, 0.25) is 0 Å². The molecule has 0 atom stereocenters. The monoisotopic (exact) mass is 473 g/mol. The highest BCUT2D eigenvalue weighted by Crippen LogP contribution is 2.36. The normalized spacial score (nSPS) is 11.5. The van der Waals surface area contributed by atoms with Gasteiger partial charge in [0.1, 0.15) is 10.8 Å². The summed E-state index contributed by atoms with van der Waals surface area (Å²) in [5, 5.41) is 15.2. The van der Waals surface area contributed by atoms with Crippen molar-refractivity contribution in [2.45, 2.75) is 19.1 Å². The fourth-order valence-electron chi connectivity index (χ4n) is 3.14. The van der Waals surface area contributed by atoms with E-state index in [0.29, 0.717) is 17.1 Å². The molecule has 6 nitrogen and oxygen atoms in total. The first-order chi connectivity index (χ1) is 15.8. The van der Waals surface area contributed by atoms with Crippen molar-refractivity contribution in [1.29, 1.82) is 0 Å². The lowest BCUT2D eigenvalue weighted by molar-refractivity contribution is -0.137. The van der Waals surface area contributed by atoms with E-state index in [2.05, 4.69) is 10.1 Å². The van der Waals surface area contributed by atoms with Gasteiger partial charge in [0.15, 0.2) is 0 Å². The molecule has 0 radical (unpaired) electrons. The van der Waals surface area contributed by atoms with Gasteiger partial charge in [0.2, 0.25) is 0 Å². The molecule has 0 bridgehead atoms. The molecule has 10 heteroatoms. The molecule has 33 heavy (non-hydrogen) atoms. The summed E-state index contributed by atoms with van der Waals surface area (Å²) in [6, 6.07) is 13.1. The second kappa shape index (κ2) is 9.45. The van der Waals surface area contributed by atoms with E-state index < -0.39 is 17.7 Å². The number of hydrogen-bond acceptors (Lipinski definition) is 5. The highest BCUT2D eigenvalue weighted by molar-refractivity contribution is 7.09. The molecule has 2 aromatic heterocycles. The zero-order valence-corrected chi connectivity index (χ0v) is 17.9. The van der Waals surface area contributed by atoms with Crippen molar-refractivity contribution in [1.82, 2.24) is 14.8 Å². The Morgan fingerprint density at radius 3 is 2.64 bits per heavy atom. The number of carboxylic acid groups (broad SMARTS) is 1. The summed E-state index contributed by atoms with van der Waals surface area (Å²) in [6.07, 6.45) is -1.38. The first-order valence-corrected chi connectivity index (χ1v) is 10.8. The SMILES string of the molecule is O=C(O)c1cnn(Cc2nc(-c3cc(OCCc4ccccc4)cc(C(F)(F)F)c3)cs2)c1. The van der Waals surface area contributed by atoms with Gasteiger partial charge in [0.05, 0.1) is 36.2 Å². The van der Waals surface area contributed by atoms with Crippen LogP contribution in [0.5, 0.6) is 5.75 Å². The van der Waals surface area contributed by atoms with E-state index in [-0.39, 0.29) is 30.0 Å². The minimum Gasteiger partial charge on any atom is -0.493 e. The number of alkyl halides is 3. The standard InChI is InChI=1S/C23H18F3N3O3S/c24-23(25,26)18-8-16(9-19(10-18)32-7-6-15-4-2-1-3-5-15)20-14-33-21(28-20)13-29-12-17(11-27-29)22(30)31/h1-5,8-12,14H,6-7,13H2,(H,30,31). The molecule has 0 amide bonds. The van der Waals surface area contributed by atoms with Crippen molar-refractivity contribution >= 4 is 17.3 Å². The molecule has 4 aromatic rings. The summed E-state index contributed by atoms with van der Waals surface area (Å²) in [6.45, 7) is 0.440. The van der Waals surface area contributed by atoms with E-state index in [0.717, 1.165) is 17.7 Å². The molecule has 0 fully saturated rings. The van der Waals surface area contributed by atoms with Crippen LogP contribution in [0, 0.1) is 0 Å². The number of halogens is 3. The molecule has 0 unspecified atom stereocenters. The van der Waals surface area contributed by atoms with Gasteiger partial charge in [0.25, 0.3) is 0 Å². The maximum atomic E-state index is 13.5. The average molecular weight is 473 g/mol. The van der Waals surface area contributed by atoms with E-state index in [1.807, 2.05) is 30.3 Å². The van der Waals surface area contributed by atoms with Crippen molar-refractivity contribution in [3.63, 3.8) is 0 Å².